The Morgan fingerprint density at radius 1 is 1.06 bits per heavy atom. The Morgan fingerprint density at radius 2 is 1.77 bits per heavy atom. The molecule has 1 aliphatic carbocycles. The number of hydrogen-bond donors (Lipinski definition) is 0. The standard InChI is InChI=1S/C19H16N.C8H11.2FH.Zr/c1-13-14(2)20(19-10-6-5-9-18(13)19)17-11-15-7-3-4-8-16(15)12-17;1-2-5-8-6-3-4-7-8;;;/h3-12H,1-2H3;3,6H,2,4-5H2,1H3;2*1H;/q2*-1;;;+4/p-2. The molecule has 31 heavy (non-hydrogen) atoms. The van der Waals surface area contributed by atoms with E-state index in [1.807, 2.05) is 0 Å². The Bertz CT molecular complexity index is 1160. The van der Waals surface area contributed by atoms with Crippen LogP contribution in [0.25, 0.3) is 27.4 Å². The van der Waals surface area contributed by atoms with Crippen LogP contribution in [-0.4, -0.2) is 4.57 Å². The summed E-state index contributed by atoms with van der Waals surface area (Å²) >= 11 is -2.77. The third-order valence-corrected chi connectivity index (χ3v) is 5.57. The first-order chi connectivity index (χ1) is 15.1. The summed E-state index contributed by atoms with van der Waals surface area (Å²) in [6.45, 7) is 6.60. The van der Waals surface area contributed by atoms with Gasteiger partial charge in [0.25, 0.3) is 0 Å². The van der Waals surface area contributed by atoms with Gasteiger partial charge >= 0.3 is 29.7 Å². The number of rotatable bonds is 3. The molecule has 0 N–H and O–H groups in total. The van der Waals surface area contributed by atoms with Crippen LogP contribution in [-0.2, 0) is 24.5 Å². The summed E-state index contributed by atoms with van der Waals surface area (Å²) < 4.78 is 22.0. The van der Waals surface area contributed by atoms with Gasteiger partial charge in [0, 0.05) is 11.1 Å². The number of para-hydroxylation sites is 1. The molecule has 4 aromatic rings. The van der Waals surface area contributed by atoms with Crippen molar-refractivity contribution in [1.82, 2.24) is 4.57 Å². The maximum atomic E-state index is 9.80. The number of allylic oxidation sites excluding steroid dienone is 4. The molecule has 0 atom stereocenters. The average molecular weight is 495 g/mol. The van der Waals surface area contributed by atoms with Gasteiger partial charge in [-0.25, -0.2) is 11.6 Å². The first-order valence-electron chi connectivity index (χ1n) is 10.6. The molecule has 5 rings (SSSR count). The molecule has 4 heteroatoms. The normalized spacial score (nSPS) is 12.1. The Balaban J connectivity index is 0.000000207. The van der Waals surface area contributed by atoms with Crippen molar-refractivity contribution in [1.29, 1.82) is 0 Å². The van der Waals surface area contributed by atoms with Crippen molar-refractivity contribution in [3.8, 4) is 5.69 Å². The number of halogens is 2. The van der Waals surface area contributed by atoms with Crippen molar-refractivity contribution in [2.24, 2.45) is 0 Å². The average Bonchev–Trinajstić information content (AvgIpc) is 3.49. The molecular formula is C27H27F2NZr. The summed E-state index contributed by atoms with van der Waals surface area (Å²) in [5.74, 6) is 0. The molecule has 0 aliphatic heterocycles. The number of nitrogens with zero attached hydrogens (tertiary/aromatic N) is 1. The molecule has 1 aromatic heterocycles. The zero-order chi connectivity index (χ0) is 22.2. The fraction of sp³-hybridized carbons (Fsp3) is 0.222. The van der Waals surface area contributed by atoms with Gasteiger partial charge in [-0.3, -0.25) is 6.08 Å². The summed E-state index contributed by atoms with van der Waals surface area (Å²) in [6.07, 6.45) is 11.1. The second-order valence-corrected chi connectivity index (χ2v) is 7.89. The predicted molar refractivity (Wildman–Crippen MR) is 123 cm³/mol. The zero-order valence-electron chi connectivity index (χ0n) is 18.3. The Morgan fingerprint density at radius 3 is 2.45 bits per heavy atom. The van der Waals surface area contributed by atoms with Crippen molar-refractivity contribution in [2.45, 2.75) is 40.0 Å². The number of aryl methyl sites for hydroxylation is 1. The third-order valence-electron chi connectivity index (χ3n) is 5.57. The van der Waals surface area contributed by atoms with Crippen LogP contribution in [0, 0.1) is 19.9 Å². The molecule has 0 amide bonds. The summed E-state index contributed by atoms with van der Waals surface area (Å²) in [4.78, 5) is 0. The Hall–Kier alpha value is -2.19. The van der Waals surface area contributed by atoms with Crippen LogP contribution in [0.3, 0.4) is 0 Å². The van der Waals surface area contributed by atoms with Crippen LogP contribution in [0.5, 0.6) is 0 Å². The third kappa shape index (κ3) is 5.54. The van der Waals surface area contributed by atoms with E-state index in [9.17, 15) is 5.25 Å². The minimum absolute atomic E-state index is 1.04. The van der Waals surface area contributed by atoms with Gasteiger partial charge < -0.3 is 4.57 Å². The van der Waals surface area contributed by atoms with Crippen molar-refractivity contribution in [3.05, 3.63) is 95.7 Å². The van der Waals surface area contributed by atoms with E-state index in [4.69, 9.17) is 0 Å². The van der Waals surface area contributed by atoms with Gasteiger partial charge in [0.05, 0.1) is 5.52 Å². The molecule has 1 heterocycles. The molecule has 158 valence electrons. The summed E-state index contributed by atoms with van der Waals surface area (Å²) in [5, 5.41) is 3.95. The molecule has 3 aromatic carbocycles. The molecule has 0 radical (unpaired) electrons. The molecule has 0 spiro atoms. The van der Waals surface area contributed by atoms with Gasteiger partial charge in [0.2, 0.25) is 0 Å². The fourth-order valence-electron chi connectivity index (χ4n) is 4.02. The van der Waals surface area contributed by atoms with Crippen LogP contribution < -0.4 is 0 Å². The van der Waals surface area contributed by atoms with E-state index in [-0.39, 0.29) is 0 Å². The number of benzene rings is 2. The molecule has 1 nitrogen and oxygen atoms in total. The Labute approximate surface area is 196 Å². The van der Waals surface area contributed by atoms with E-state index in [2.05, 4.69) is 104 Å². The quantitative estimate of drug-likeness (QED) is 0.252. The van der Waals surface area contributed by atoms with Crippen LogP contribution >= 0.6 is 0 Å². The number of aromatic nitrogens is 1. The van der Waals surface area contributed by atoms with E-state index in [1.165, 1.54) is 57.0 Å². The van der Waals surface area contributed by atoms with Gasteiger partial charge in [-0.15, -0.1) is 47.5 Å². The maximum absolute atomic E-state index is 9.80. The van der Waals surface area contributed by atoms with Gasteiger partial charge in [-0.2, -0.15) is 6.08 Å². The van der Waals surface area contributed by atoms with Crippen LogP contribution in [0.4, 0.5) is 5.25 Å². The summed E-state index contributed by atoms with van der Waals surface area (Å²) in [5.41, 5.74) is 6.63. The summed E-state index contributed by atoms with van der Waals surface area (Å²) in [7, 11) is 0. The van der Waals surface area contributed by atoms with E-state index < -0.39 is 24.5 Å². The van der Waals surface area contributed by atoms with Crippen molar-refractivity contribution >= 4 is 21.7 Å². The van der Waals surface area contributed by atoms with Crippen LogP contribution in [0.1, 0.15) is 37.4 Å². The number of hydrogen-bond acceptors (Lipinski definition) is 0. The van der Waals surface area contributed by atoms with E-state index in [0.29, 0.717) is 0 Å². The van der Waals surface area contributed by atoms with Gasteiger partial charge in [0.15, 0.2) is 0 Å². The van der Waals surface area contributed by atoms with E-state index in [1.54, 1.807) is 0 Å². The van der Waals surface area contributed by atoms with Gasteiger partial charge in [-0.1, -0.05) is 44.0 Å². The molecule has 0 saturated heterocycles. The topological polar surface area (TPSA) is 4.93 Å². The van der Waals surface area contributed by atoms with Crippen molar-refractivity contribution in [3.63, 3.8) is 0 Å². The zero-order valence-corrected chi connectivity index (χ0v) is 20.7. The molecule has 0 unspecified atom stereocenters. The van der Waals surface area contributed by atoms with Crippen LogP contribution in [0.15, 0.2) is 78.4 Å². The van der Waals surface area contributed by atoms with Crippen molar-refractivity contribution < 1.29 is 29.7 Å². The molecule has 1 aliphatic rings. The molecule has 0 saturated carbocycles. The van der Waals surface area contributed by atoms with Crippen molar-refractivity contribution in [2.75, 3.05) is 0 Å². The Kier molecular flexibility index (Phi) is 8.66. The van der Waals surface area contributed by atoms with Gasteiger partial charge in [0.1, 0.15) is 0 Å². The second-order valence-electron chi connectivity index (χ2n) is 7.54. The van der Waals surface area contributed by atoms with E-state index >= 15 is 0 Å². The molecule has 0 fully saturated rings. The minimum atomic E-state index is -2.77. The fourth-order valence-corrected chi connectivity index (χ4v) is 4.02. The monoisotopic (exact) mass is 493 g/mol. The van der Waals surface area contributed by atoms with Crippen LogP contribution in [0.2, 0.25) is 0 Å². The molecule has 0 bridgehead atoms. The number of fused-ring (bicyclic) bond motifs is 2. The first kappa shape index (κ1) is 23.5. The predicted octanol–water partition coefficient (Wildman–Crippen LogP) is 8.43. The molecular weight excluding hydrogens is 468 g/mol. The summed E-state index contributed by atoms with van der Waals surface area (Å²) in [6, 6.07) is 21.7. The first-order valence-corrected chi connectivity index (χ1v) is 12.4. The SMILES string of the molecule is CCCC1=[C-]CC=C1.Cc1c(C)n(-c2cc3ccccc3[cH-]2)c2ccccc12.[F][Zr+2][F]. The van der Waals surface area contributed by atoms with E-state index in [0.717, 1.165) is 6.42 Å². The van der Waals surface area contributed by atoms with Gasteiger partial charge in [-0.05, 0) is 31.2 Å². The second kappa shape index (κ2) is 11.4.